The summed E-state index contributed by atoms with van der Waals surface area (Å²) in [6.45, 7) is 1.67. The predicted octanol–water partition coefficient (Wildman–Crippen LogP) is 1.79. The standard InChI is InChI=1S/C4H6BrClN2/c1-2(7)3(5)4(6)8/h8H,7H2,1H3/b3-2+,8-4?. The van der Waals surface area contributed by atoms with Crippen molar-refractivity contribution in [3.8, 4) is 0 Å². The van der Waals surface area contributed by atoms with Crippen molar-refractivity contribution in [2.45, 2.75) is 6.92 Å². The van der Waals surface area contributed by atoms with Crippen LogP contribution in [0.2, 0.25) is 0 Å². The van der Waals surface area contributed by atoms with Gasteiger partial charge in [0, 0.05) is 5.70 Å². The number of rotatable bonds is 1. The van der Waals surface area contributed by atoms with Gasteiger partial charge in [-0.2, -0.15) is 0 Å². The molecule has 0 aliphatic heterocycles. The van der Waals surface area contributed by atoms with E-state index in [2.05, 4.69) is 15.9 Å². The van der Waals surface area contributed by atoms with Gasteiger partial charge in [-0.15, -0.1) is 0 Å². The molecule has 0 saturated carbocycles. The summed E-state index contributed by atoms with van der Waals surface area (Å²) in [4.78, 5) is 0. The van der Waals surface area contributed by atoms with Crippen LogP contribution < -0.4 is 5.73 Å². The molecule has 8 heavy (non-hydrogen) atoms. The molecule has 0 unspecified atom stereocenters. The van der Waals surface area contributed by atoms with E-state index < -0.39 is 0 Å². The van der Waals surface area contributed by atoms with Gasteiger partial charge in [0.05, 0.1) is 4.48 Å². The predicted molar refractivity (Wildman–Crippen MR) is 39.4 cm³/mol. The monoisotopic (exact) mass is 196 g/mol. The molecule has 46 valence electrons. The maximum atomic E-state index is 6.81. The number of allylic oxidation sites excluding steroid dienone is 2. The van der Waals surface area contributed by atoms with E-state index in [1.54, 1.807) is 6.92 Å². The van der Waals surface area contributed by atoms with E-state index in [4.69, 9.17) is 22.7 Å². The lowest BCUT2D eigenvalue weighted by Gasteiger charge is -1.93. The highest BCUT2D eigenvalue weighted by Gasteiger charge is 1.97. The van der Waals surface area contributed by atoms with Gasteiger partial charge in [-0.3, -0.25) is 5.41 Å². The van der Waals surface area contributed by atoms with Gasteiger partial charge in [-0.25, -0.2) is 0 Å². The van der Waals surface area contributed by atoms with Crippen molar-refractivity contribution in [3.05, 3.63) is 10.2 Å². The minimum Gasteiger partial charge on any atom is -0.401 e. The van der Waals surface area contributed by atoms with Crippen LogP contribution in [0.25, 0.3) is 0 Å². The maximum Gasteiger partial charge on any atom is 0.136 e. The molecule has 0 aliphatic carbocycles. The molecule has 0 aromatic rings. The molecule has 0 aromatic heterocycles. The van der Waals surface area contributed by atoms with Crippen molar-refractivity contribution >= 4 is 32.7 Å². The lowest BCUT2D eigenvalue weighted by Crippen LogP contribution is -1.97. The van der Waals surface area contributed by atoms with E-state index in [0.29, 0.717) is 10.2 Å². The topological polar surface area (TPSA) is 49.9 Å². The molecule has 2 nitrogen and oxygen atoms in total. The van der Waals surface area contributed by atoms with Gasteiger partial charge in [-0.1, -0.05) is 11.6 Å². The fourth-order valence-electron chi connectivity index (χ4n) is 0.173. The largest absolute Gasteiger partial charge is 0.401 e. The number of nitrogens with two attached hydrogens (primary N) is 1. The number of nitrogens with one attached hydrogen (secondary N) is 1. The Morgan fingerprint density at radius 2 is 2.12 bits per heavy atom. The summed E-state index contributed by atoms with van der Waals surface area (Å²) < 4.78 is 0.458. The Labute approximate surface area is 61.3 Å². The molecule has 0 bridgehead atoms. The fourth-order valence-corrected chi connectivity index (χ4v) is 0.322. The van der Waals surface area contributed by atoms with Gasteiger partial charge >= 0.3 is 0 Å². The molecule has 0 amide bonds. The lowest BCUT2D eigenvalue weighted by molar-refractivity contribution is 1.31. The highest BCUT2D eigenvalue weighted by atomic mass is 79.9. The second kappa shape index (κ2) is 3.10. The molecular formula is C4H6BrClN2. The Kier molecular flexibility index (Phi) is 3.09. The molecule has 0 fully saturated rings. The second-order valence-electron chi connectivity index (χ2n) is 1.31. The highest BCUT2D eigenvalue weighted by Crippen LogP contribution is 2.11. The van der Waals surface area contributed by atoms with Crippen LogP contribution in [0.4, 0.5) is 0 Å². The summed E-state index contributed by atoms with van der Waals surface area (Å²) in [5.74, 6) is 0. The fraction of sp³-hybridized carbons (Fsp3) is 0.250. The van der Waals surface area contributed by atoms with Gasteiger partial charge in [0.15, 0.2) is 0 Å². The van der Waals surface area contributed by atoms with Crippen LogP contribution in [0.15, 0.2) is 10.2 Å². The normalized spacial score (nSPS) is 12.9. The quantitative estimate of drug-likeness (QED) is 0.619. The van der Waals surface area contributed by atoms with Crippen molar-refractivity contribution < 1.29 is 0 Å². The van der Waals surface area contributed by atoms with Crippen molar-refractivity contribution in [1.29, 1.82) is 5.41 Å². The molecular weight excluding hydrogens is 191 g/mol. The second-order valence-corrected chi connectivity index (χ2v) is 2.48. The molecule has 0 aliphatic rings. The molecule has 3 N–H and O–H groups in total. The number of halogens is 2. The number of hydrogen-bond donors (Lipinski definition) is 2. The Hall–Kier alpha value is -0.0200. The molecule has 0 radical (unpaired) electrons. The summed E-state index contributed by atoms with van der Waals surface area (Å²) in [5.41, 5.74) is 5.76. The van der Waals surface area contributed by atoms with Crippen molar-refractivity contribution in [3.63, 3.8) is 0 Å². The average Bonchev–Trinajstić information content (AvgIpc) is 1.64. The molecule has 0 aromatic carbocycles. The maximum absolute atomic E-state index is 6.81. The summed E-state index contributed by atoms with van der Waals surface area (Å²) >= 11 is 8.23. The van der Waals surface area contributed by atoms with Gasteiger partial charge < -0.3 is 5.73 Å². The first-order chi connectivity index (χ1) is 3.55. The molecule has 0 saturated heterocycles. The van der Waals surface area contributed by atoms with E-state index >= 15 is 0 Å². The summed E-state index contributed by atoms with van der Waals surface area (Å²) in [7, 11) is 0. The first-order valence-electron chi connectivity index (χ1n) is 1.92. The Morgan fingerprint density at radius 3 is 2.12 bits per heavy atom. The molecule has 0 atom stereocenters. The molecule has 0 rings (SSSR count). The minimum absolute atomic E-state index is 0.0648. The first kappa shape index (κ1) is 7.98. The van der Waals surface area contributed by atoms with Crippen molar-refractivity contribution in [2.24, 2.45) is 5.73 Å². The van der Waals surface area contributed by atoms with Crippen LogP contribution in [-0.2, 0) is 0 Å². The van der Waals surface area contributed by atoms with E-state index in [-0.39, 0.29) is 5.17 Å². The Balaban J connectivity index is 4.23. The summed E-state index contributed by atoms with van der Waals surface area (Å²) in [5, 5.41) is 6.75. The summed E-state index contributed by atoms with van der Waals surface area (Å²) in [6, 6.07) is 0. The van der Waals surface area contributed by atoms with Gasteiger partial charge in [-0.05, 0) is 22.9 Å². The van der Waals surface area contributed by atoms with Crippen molar-refractivity contribution in [1.82, 2.24) is 0 Å². The third-order valence-electron chi connectivity index (χ3n) is 0.539. The van der Waals surface area contributed by atoms with E-state index in [1.165, 1.54) is 0 Å². The average molecular weight is 197 g/mol. The zero-order valence-electron chi connectivity index (χ0n) is 4.33. The first-order valence-corrected chi connectivity index (χ1v) is 3.09. The third kappa shape index (κ3) is 2.33. The lowest BCUT2D eigenvalue weighted by atomic mass is 10.5. The van der Waals surface area contributed by atoms with Gasteiger partial charge in [0.25, 0.3) is 0 Å². The van der Waals surface area contributed by atoms with Crippen molar-refractivity contribution in [2.75, 3.05) is 0 Å². The van der Waals surface area contributed by atoms with Gasteiger partial charge in [0.2, 0.25) is 0 Å². The van der Waals surface area contributed by atoms with Crippen LogP contribution in [0.5, 0.6) is 0 Å². The van der Waals surface area contributed by atoms with E-state index in [0.717, 1.165) is 0 Å². The van der Waals surface area contributed by atoms with Crippen LogP contribution in [-0.4, -0.2) is 5.17 Å². The van der Waals surface area contributed by atoms with E-state index in [9.17, 15) is 0 Å². The van der Waals surface area contributed by atoms with Gasteiger partial charge in [0.1, 0.15) is 5.17 Å². The van der Waals surface area contributed by atoms with Crippen LogP contribution >= 0.6 is 27.5 Å². The molecule has 4 heteroatoms. The zero-order chi connectivity index (χ0) is 6.73. The SMILES string of the molecule is C/C(N)=C(\Br)C(=N)Cl. The van der Waals surface area contributed by atoms with E-state index in [1.807, 2.05) is 0 Å². The molecule has 0 spiro atoms. The van der Waals surface area contributed by atoms with Crippen LogP contribution in [0.1, 0.15) is 6.92 Å². The minimum atomic E-state index is -0.0648. The van der Waals surface area contributed by atoms with Crippen LogP contribution in [0, 0.1) is 5.41 Å². The van der Waals surface area contributed by atoms with Crippen LogP contribution in [0.3, 0.4) is 0 Å². The Morgan fingerprint density at radius 1 is 1.75 bits per heavy atom. The Bertz CT molecular complexity index is 137. The smallest absolute Gasteiger partial charge is 0.136 e. The third-order valence-corrected chi connectivity index (χ3v) is 1.98. The highest BCUT2D eigenvalue weighted by molar-refractivity contribution is 9.12. The molecule has 0 heterocycles. The zero-order valence-corrected chi connectivity index (χ0v) is 6.68. The number of hydrogen-bond acceptors (Lipinski definition) is 2. The summed E-state index contributed by atoms with van der Waals surface area (Å²) in [6.07, 6.45) is 0.